The van der Waals surface area contributed by atoms with Crippen LogP contribution in [0.15, 0.2) is 0 Å². The van der Waals surface area contributed by atoms with Gasteiger partial charge in [-0.2, -0.15) is 11.8 Å². The summed E-state index contributed by atoms with van der Waals surface area (Å²) in [6.07, 6.45) is 12.3. The van der Waals surface area contributed by atoms with Crippen molar-refractivity contribution in [2.45, 2.75) is 69.6 Å². The molecule has 0 heterocycles. The zero-order chi connectivity index (χ0) is 12.3. The summed E-state index contributed by atoms with van der Waals surface area (Å²) in [4.78, 5) is 0. The van der Waals surface area contributed by atoms with Gasteiger partial charge in [0, 0.05) is 17.3 Å². The van der Waals surface area contributed by atoms with Gasteiger partial charge in [-0.15, -0.1) is 0 Å². The molecule has 0 atom stereocenters. The van der Waals surface area contributed by atoms with Crippen LogP contribution in [0, 0.1) is 11.8 Å². The van der Waals surface area contributed by atoms with Crippen LogP contribution in [-0.4, -0.2) is 23.6 Å². The fourth-order valence-electron chi connectivity index (χ4n) is 3.34. The summed E-state index contributed by atoms with van der Waals surface area (Å²) in [5, 5.41) is 3.85. The van der Waals surface area contributed by atoms with Crippen molar-refractivity contribution in [2.75, 3.05) is 12.8 Å². The van der Waals surface area contributed by atoms with Gasteiger partial charge in [0.25, 0.3) is 0 Å². The average molecular weight is 255 g/mol. The lowest BCUT2D eigenvalue weighted by Gasteiger charge is -2.42. The molecule has 2 fully saturated rings. The van der Waals surface area contributed by atoms with E-state index in [2.05, 4.69) is 37.2 Å². The normalized spacial score (nSPS) is 32.5. The molecule has 0 spiro atoms. The first-order valence-electron chi connectivity index (χ1n) is 7.44. The van der Waals surface area contributed by atoms with Crippen molar-refractivity contribution in [2.24, 2.45) is 11.8 Å². The van der Waals surface area contributed by atoms with Crippen LogP contribution in [0.25, 0.3) is 0 Å². The van der Waals surface area contributed by atoms with Gasteiger partial charge in [-0.25, -0.2) is 0 Å². The molecule has 0 aliphatic heterocycles. The molecule has 0 saturated heterocycles. The van der Waals surface area contributed by atoms with E-state index in [0.29, 0.717) is 4.75 Å². The summed E-state index contributed by atoms with van der Waals surface area (Å²) in [5.74, 6) is 1.88. The Labute approximate surface area is 112 Å². The molecular formula is C15H29NS. The van der Waals surface area contributed by atoms with Gasteiger partial charge >= 0.3 is 0 Å². The van der Waals surface area contributed by atoms with E-state index in [0.717, 1.165) is 17.9 Å². The van der Waals surface area contributed by atoms with Crippen LogP contribution in [0.1, 0.15) is 58.8 Å². The van der Waals surface area contributed by atoms with E-state index in [1.807, 2.05) is 0 Å². The first-order valence-corrected chi connectivity index (χ1v) is 8.66. The Morgan fingerprint density at radius 1 is 1.18 bits per heavy atom. The summed E-state index contributed by atoms with van der Waals surface area (Å²) in [6, 6.07) is 0.814. The van der Waals surface area contributed by atoms with E-state index < -0.39 is 0 Å². The molecule has 100 valence electrons. The smallest absolute Gasteiger partial charge is 0.0281 e. The third kappa shape index (κ3) is 3.41. The maximum Gasteiger partial charge on any atom is 0.0281 e. The molecule has 0 amide bonds. The fourth-order valence-corrected chi connectivity index (χ4v) is 4.27. The van der Waals surface area contributed by atoms with E-state index >= 15 is 0 Å². The van der Waals surface area contributed by atoms with Gasteiger partial charge in [0.2, 0.25) is 0 Å². The Bertz CT molecular complexity index is 222. The van der Waals surface area contributed by atoms with Crippen LogP contribution in [-0.2, 0) is 0 Å². The number of hydrogen-bond donors (Lipinski definition) is 1. The van der Waals surface area contributed by atoms with E-state index in [1.165, 1.54) is 51.5 Å². The molecule has 2 aliphatic rings. The third-order valence-electron chi connectivity index (χ3n) is 5.13. The minimum atomic E-state index is 0.606. The molecule has 0 aromatic rings. The van der Waals surface area contributed by atoms with Gasteiger partial charge in [-0.05, 0) is 56.6 Å². The fraction of sp³-hybridized carbons (Fsp3) is 1.00. The Balaban J connectivity index is 1.68. The highest BCUT2D eigenvalue weighted by molar-refractivity contribution is 8.00. The Hall–Kier alpha value is 0.310. The lowest BCUT2D eigenvalue weighted by molar-refractivity contribution is 0.227. The van der Waals surface area contributed by atoms with E-state index in [9.17, 15) is 0 Å². The molecule has 17 heavy (non-hydrogen) atoms. The monoisotopic (exact) mass is 255 g/mol. The van der Waals surface area contributed by atoms with Crippen LogP contribution in [0.2, 0.25) is 0 Å². The first-order chi connectivity index (χ1) is 8.15. The Morgan fingerprint density at radius 2 is 1.82 bits per heavy atom. The van der Waals surface area contributed by atoms with E-state index in [4.69, 9.17) is 0 Å². The molecule has 0 unspecified atom stereocenters. The van der Waals surface area contributed by atoms with Gasteiger partial charge in [0.15, 0.2) is 0 Å². The highest BCUT2D eigenvalue weighted by Crippen LogP contribution is 2.42. The van der Waals surface area contributed by atoms with Crippen molar-refractivity contribution in [1.82, 2.24) is 5.32 Å². The number of hydrogen-bond acceptors (Lipinski definition) is 2. The number of thioether (sulfide) groups is 1. The maximum absolute atomic E-state index is 3.85. The van der Waals surface area contributed by atoms with Crippen molar-refractivity contribution in [3.8, 4) is 0 Å². The molecule has 0 aromatic heterocycles. The molecule has 0 aromatic carbocycles. The molecule has 2 saturated carbocycles. The first kappa shape index (κ1) is 13.7. The highest BCUT2D eigenvalue weighted by Gasteiger charge is 2.36. The molecule has 2 aliphatic carbocycles. The zero-order valence-corrected chi connectivity index (χ0v) is 12.6. The van der Waals surface area contributed by atoms with E-state index in [-0.39, 0.29) is 0 Å². The Morgan fingerprint density at radius 3 is 2.24 bits per heavy atom. The summed E-state index contributed by atoms with van der Waals surface area (Å²) in [7, 11) is 0. The largest absolute Gasteiger partial charge is 0.313 e. The standard InChI is InChI=1S/C15H29NS/c1-12(2)13-5-7-14(8-6-13)16-11-15(17-3)9-4-10-15/h12-14,16H,4-11H2,1-3H3. The minimum absolute atomic E-state index is 0.606. The average Bonchev–Trinajstić information content (AvgIpc) is 2.29. The SMILES string of the molecule is CSC1(CNC2CCC(C(C)C)CC2)CCC1. The summed E-state index contributed by atoms with van der Waals surface area (Å²) >= 11 is 2.09. The lowest BCUT2D eigenvalue weighted by atomic mass is 9.79. The second-order valence-corrected chi connectivity index (χ2v) is 7.75. The molecule has 2 rings (SSSR count). The number of nitrogens with one attached hydrogen (secondary N) is 1. The number of rotatable bonds is 5. The van der Waals surface area contributed by atoms with Gasteiger partial charge in [-0.3, -0.25) is 0 Å². The van der Waals surface area contributed by atoms with Gasteiger partial charge in [0.05, 0.1) is 0 Å². The molecule has 0 radical (unpaired) electrons. The van der Waals surface area contributed by atoms with Crippen molar-refractivity contribution in [3.05, 3.63) is 0 Å². The van der Waals surface area contributed by atoms with Crippen LogP contribution in [0.5, 0.6) is 0 Å². The summed E-state index contributed by atoms with van der Waals surface area (Å²) in [6.45, 7) is 6.02. The molecule has 1 nitrogen and oxygen atoms in total. The van der Waals surface area contributed by atoms with Crippen molar-refractivity contribution in [3.63, 3.8) is 0 Å². The van der Waals surface area contributed by atoms with Gasteiger partial charge in [0.1, 0.15) is 0 Å². The quantitative estimate of drug-likeness (QED) is 0.794. The van der Waals surface area contributed by atoms with E-state index in [1.54, 1.807) is 0 Å². The van der Waals surface area contributed by atoms with Gasteiger partial charge in [-0.1, -0.05) is 20.3 Å². The third-order valence-corrected chi connectivity index (χ3v) is 6.54. The molecule has 0 bridgehead atoms. The molecule has 2 heteroatoms. The summed E-state index contributed by atoms with van der Waals surface area (Å²) in [5.41, 5.74) is 0. The molecule has 1 N–H and O–H groups in total. The minimum Gasteiger partial charge on any atom is -0.313 e. The van der Waals surface area contributed by atoms with Crippen LogP contribution in [0.4, 0.5) is 0 Å². The lowest BCUT2D eigenvalue weighted by Crippen LogP contribution is -2.47. The van der Waals surface area contributed by atoms with Gasteiger partial charge < -0.3 is 5.32 Å². The zero-order valence-electron chi connectivity index (χ0n) is 11.8. The van der Waals surface area contributed by atoms with Crippen molar-refractivity contribution >= 4 is 11.8 Å². The second kappa shape index (κ2) is 5.97. The molecular weight excluding hydrogens is 226 g/mol. The van der Waals surface area contributed by atoms with Crippen LogP contribution < -0.4 is 5.32 Å². The summed E-state index contributed by atoms with van der Waals surface area (Å²) < 4.78 is 0.606. The second-order valence-electron chi connectivity index (χ2n) is 6.48. The predicted molar refractivity (Wildman–Crippen MR) is 78.7 cm³/mol. The van der Waals surface area contributed by atoms with Crippen molar-refractivity contribution < 1.29 is 0 Å². The maximum atomic E-state index is 3.85. The van der Waals surface area contributed by atoms with Crippen molar-refractivity contribution in [1.29, 1.82) is 0 Å². The van der Waals surface area contributed by atoms with Crippen LogP contribution >= 0.6 is 11.8 Å². The topological polar surface area (TPSA) is 12.0 Å². The highest BCUT2D eigenvalue weighted by atomic mass is 32.2. The predicted octanol–water partition coefficient (Wildman–Crippen LogP) is 4.08. The van der Waals surface area contributed by atoms with Crippen LogP contribution in [0.3, 0.4) is 0 Å². The Kier molecular flexibility index (Phi) is 4.82.